The molecular formula is C11H22N2O. The van der Waals surface area contributed by atoms with Gasteiger partial charge in [0, 0.05) is 20.1 Å². The molecule has 3 nitrogen and oxygen atoms in total. The molecule has 3 heteroatoms. The van der Waals surface area contributed by atoms with E-state index in [1.54, 1.807) is 0 Å². The van der Waals surface area contributed by atoms with Crippen LogP contribution in [0.25, 0.3) is 0 Å². The largest absolute Gasteiger partial charge is 0.378 e. The summed E-state index contributed by atoms with van der Waals surface area (Å²) < 4.78 is 5.25. The lowest BCUT2D eigenvalue weighted by Crippen LogP contribution is -2.52. The summed E-state index contributed by atoms with van der Waals surface area (Å²) >= 11 is 0. The van der Waals surface area contributed by atoms with E-state index >= 15 is 0 Å². The van der Waals surface area contributed by atoms with Gasteiger partial charge in [-0.05, 0) is 11.3 Å². The van der Waals surface area contributed by atoms with Gasteiger partial charge in [-0.25, -0.2) is 10.0 Å². The summed E-state index contributed by atoms with van der Waals surface area (Å²) in [6.07, 6.45) is 0. The lowest BCUT2D eigenvalue weighted by atomic mass is 9.81. The van der Waals surface area contributed by atoms with Crippen LogP contribution in [0.1, 0.15) is 20.8 Å². The minimum absolute atomic E-state index is 0.424. The third-order valence-corrected chi connectivity index (χ3v) is 3.60. The molecule has 82 valence electrons. The molecule has 0 saturated carbocycles. The van der Waals surface area contributed by atoms with E-state index in [1.165, 1.54) is 13.1 Å². The van der Waals surface area contributed by atoms with Crippen LogP contribution in [0.15, 0.2) is 0 Å². The van der Waals surface area contributed by atoms with Gasteiger partial charge in [-0.2, -0.15) is 0 Å². The lowest BCUT2D eigenvalue weighted by molar-refractivity contribution is -0.123. The first-order valence-electron chi connectivity index (χ1n) is 5.54. The number of hydrazine groups is 1. The highest BCUT2D eigenvalue weighted by atomic mass is 16.5. The van der Waals surface area contributed by atoms with Crippen LogP contribution < -0.4 is 0 Å². The van der Waals surface area contributed by atoms with Crippen molar-refractivity contribution in [2.24, 2.45) is 11.3 Å². The molecule has 2 rings (SSSR count). The number of hydrogen-bond donors (Lipinski definition) is 0. The molecule has 1 unspecified atom stereocenters. The highest BCUT2D eigenvalue weighted by Gasteiger charge is 2.40. The number of ether oxygens (including phenoxy) is 1. The number of nitrogens with zero attached hydrogens (tertiary/aromatic N) is 2. The monoisotopic (exact) mass is 198 g/mol. The average molecular weight is 198 g/mol. The highest BCUT2D eigenvalue weighted by molar-refractivity contribution is 4.88. The fourth-order valence-electron chi connectivity index (χ4n) is 2.22. The van der Waals surface area contributed by atoms with Crippen molar-refractivity contribution in [1.29, 1.82) is 0 Å². The molecule has 0 aromatic heterocycles. The van der Waals surface area contributed by atoms with Gasteiger partial charge in [0.15, 0.2) is 0 Å². The quantitative estimate of drug-likeness (QED) is 0.630. The highest BCUT2D eigenvalue weighted by Crippen LogP contribution is 2.33. The first-order chi connectivity index (χ1) is 6.48. The summed E-state index contributed by atoms with van der Waals surface area (Å²) in [5, 5.41) is 4.86. The molecule has 14 heavy (non-hydrogen) atoms. The zero-order valence-electron chi connectivity index (χ0n) is 9.79. The Balaban J connectivity index is 1.96. The van der Waals surface area contributed by atoms with Crippen LogP contribution in [0.2, 0.25) is 0 Å². The fourth-order valence-corrected chi connectivity index (χ4v) is 2.22. The summed E-state index contributed by atoms with van der Waals surface area (Å²) in [4.78, 5) is 0. The normalized spacial score (nSPS) is 32.1. The van der Waals surface area contributed by atoms with Crippen LogP contribution in [-0.4, -0.2) is 49.4 Å². The molecule has 1 atom stereocenters. The van der Waals surface area contributed by atoms with Gasteiger partial charge in [-0.15, -0.1) is 0 Å². The molecule has 0 N–H and O–H groups in total. The van der Waals surface area contributed by atoms with Crippen molar-refractivity contribution in [3.05, 3.63) is 0 Å². The van der Waals surface area contributed by atoms with E-state index in [4.69, 9.17) is 4.74 Å². The molecule has 2 saturated heterocycles. The van der Waals surface area contributed by atoms with E-state index < -0.39 is 0 Å². The molecular weight excluding hydrogens is 176 g/mol. The van der Waals surface area contributed by atoms with E-state index in [1.807, 2.05) is 0 Å². The second kappa shape index (κ2) is 3.47. The summed E-state index contributed by atoms with van der Waals surface area (Å²) in [5.74, 6) is 0.785. The molecule has 0 bridgehead atoms. The lowest BCUT2D eigenvalue weighted by Gasteiger charge is -2.38. The Hall–Kier alpha value is -0.120. The van der Waals surface area contributed by atoms with E-state index in [2.05, 4.69) is 37.8 Å². The van der Waals surface area contributed by atoms with Crippen molar-refractivity contribution >= 4 is 0 Å². The maximum absolute atomic E-state index is 5.25. The SMILES string of the molecule is CN1CC(C(C)(C)C)CN1C1COC1. The first-order valence-corrected chi connectivity index (χ1v) is 5.54. The van der Waals surface area contributed by atoms with Crippen LogP contribution in [0, 0.1) is 11.3 Å². The van der Waals surface area contributed by atoms with Crippen molar-refractivity contribution in [3.63, 3.8) is 0 Å². The molecule has 0 aromatic carbocycles. The Labute approximate surface area is 87.0 Å². The summed E-state index contributed by atoms with van der Waals surface area (Å²) in [7, 11) is 2.20. The summed E-state index contributed by atoms with van der Waals surface area (Å²) in [5.41, 5.74) is 0.424. The Morgan fingerprint density at radius 1 is 1.14 bits per heavy atom. The zero-order valence-corrected chi connectivity index (χ0v) is 9.79. The number of hydrogen-bond acceptors (Lipinski definition) is 3. The average Bonchev–Trinajstić information content (AvgIpc) is 2.28. The van der Waals surface area contributed by atoms with Crippen molar-refractivity contribution in [1.82, 2.24) is 10.0 Å². The summed E-state index contributed by atoms with van der Waals surface area (Å²) in [6, 6.07) is 0.646. The van der Waals surface area contributed by atoms with E-state index in [-0.39, 0.29) is 0 Å². The maximum Gasteiger partial charge on any atom is 0.0713 e. The van der Waals surface area contributed by atoms with Gasteiger partial charge < -0.3 is 4.74 Å². The van der Waals surface area contributed by atoms with Crippen LogP contribution in [0.3, 0.4) is 0 Å². The van der Waals surface area contributed by atoms with Crippen LogP contribution in [-0.2, 0) is 4.74 Å². The molecule has 2 heterocycles. The Morgan fingerprint density at radius 2 is 1.79 bits per heavy atom. The smallest absolute Gasteiger partial charge is 0.0713 e. The maximum atomic E-state index is 5.25. The Morgan fingerprint density at radius 3 is 2.14 bits per heavy atom. The van der Waals surface area contributed by atoms with Gasteiger partial charge in [0.05, 0.1) is 19.3 Å². The van der Waals surface area contributed by atoms with Crippen molar-refractivity contribution in [2.75, 3.05) is 33.4 Å². The van der Waals surface area contributed by atoms with Crippen LogP contribution in [0.4, 0.5) is 0 Å². The Kier molecular flexibility index (Phi) is 2.58. The first kappa shape index (κ1) is 10.4. The third kappa shape index (κ3) is 1.81. The molecule has 0 radical (unpaired) electrons. The predicted octanol–water partition coefficient (Wildman–Crippen LogP) is 1.21. The third-order valence-electron chi connectivity index (χ3n) is 3.60. The topological polar surface area (TPSA) is 15.7 Å². The zero-order chi connectivity index (χ0) is 10.3. The Bertz CT molecular complexity index is 208. The second-order valence-electron chi connectivity index (χ2n) is 5.72. The molecule has 2 aliphatic heterocycles. The van der Waals surface area contributed by atoms with Crippen molar-refractivity contribution in [2.45, 2.75) is 26.8 Å². The van der Waals surface area contributed by atoms with Gasteiger partial charge >= 0.3 is 0 Å². The summed E-state index contributed by atoms with van der Waals surface area (Å²) in [6.45, 7) is 11.3. The van der Waals surface area contributed by atoms with Crippen LogP contribution >= 0.6 is 0 Å². The van der Waals surface area contributed by atoms with Gasteiger partial charge in [0.25, 0.3) is 0 Å². The standard InChI is InChI=1S/C11H22N2O/c1-11(2,3)9-5-12(4)13(6-9)10-7-14-8-10/h9-10H,5-8H2,1-4H3. The van der Waals surface area contributed by atoms with Crippen molar-refractivity contribution < 1.29 is 4.74 Å². The second-order valence-corrected chi connectivity index (χ2v) is 5.72. The molecule has 2 fully saturated rings. The van der Waals surface area contributed by atoms with Crippen LogP contribution in [0.5, 0.6) is 0 Å². The number of rotatable bonds is 1. The minimum Gasteiger partial charge on any atom is -0.378 e. The van der Waals surface area contributed by atoms with E-state index in [0.717, 1.165) is 19.1 Å². The van der Waals surface area contributed by atoms with E-state index in [9.17, 15) is 0 Å². The molecule has 0 spiro atoms. The molecule has 0 aliphatic carbocycles. The predicted molar refractivity (Wildman–Crippen MR) is 56.9 cm³/mol. The minimum atomic E-state index is 0.424. The molecule has 2 aliphatic rings. The van der Waals surface area contributed by atoms with Gasteiger partial charge in [-0.1, -0.05) is 20.8 Å². The van der Waals surface area contributed by atoms with Gasteiger partial charge in [0.1, 0.15) is 0 Å². The van der Waals surface area contributed by atoms with Gasteiger partial charge in [-0.3, -0.25) is 0 Å². The van der Waals surface area contributed by atoms with E-state index in [0.29, 0.717) is 11.5 Å². The fraction of sp³-hybridized carbons (Fsp3) is 1.00. The van der Waals surface area contributed by atoms with Crippen molar-refractivity contribution in [3.8, 4) is 0 Å². The molecule has 0 amide bonds. The molecule has 0 aromatic rings. The van der Waals surface area contributed by atoms with Gasteiger partial charge in [0.2, 0.25) is 0 Å².